The maximum atomic E-state index is 5.32. The quantitative estimate of drug-likeness (QED) is 0.201. The van der Waals surface area contributed by atoms with Gasteiger partial charge < -0.3 is 0 Å². The van der Waals surface area contributed by atoms with Crippen LogP contribution in [0.25, 0.3) is 92.2 Å². The molecule has 5 heteroatoms. The fourth-order valence-corrected chi connectivity index (χ4v) is 8.29. The van der Waals surface area contributed by atoms with Crippen molar-refractivity contribution in [2.45, 2.75) is 0 Å². The first kappa shape index (κ1) is 25.4. The molecule has 0 unspecified atom stereocenters. The molecule has 0 aliphatic heterocycles. The largest absolute Gasteiger partial charge is 0.277 e. The van der Waals surface area contributed by atoms with Crippen molar-refractivity contribution in [3.8, 4) is 28.7 Å². The second-order valence-corrected chi connectivity index (χ2v) is 12.7. The highest BCUT2D eigenvalue weighted by atomic mass is 32.1. The highest BCUT2D eigenvalue weighted by Crippen LogP contribution is 2.47. The minimum Gasteiger partial charge on any atom is -0.277 e. The van der Waals surface area contributed by atoms with Crippen molar-refractivity contribution in [1.82, 2.24) is 19.5 Å². The molecule has 214 valence electrons. The van der Waals surface area contributed by atoms with Crippen LogP contribution in [-0.2, 0) is 0 Å². The highest BCUT2D eigenvalue weighted by molar-refractivity contribution is 7.27. The average molecular weight is 605 g/mol. The van der Waals surface area contributed by atoms with Gasteiger partial charge in [-0.05, 0) is 28.3 Å². The van der Waals surface area contributed by atoms with E-state index in [1.165, 1.54) is 41.7 Å². The summed E-state index contributed by atoms with van der Waals surface area (Å²) in [7, 11) is 0. The lowest BCUT2D eigenvalue weighted by atomic mass is 10.00. The summed E-state index contributed by atoms with van der Waals surface area (Å²) in [6, 6.07) is 51.1. The van der Waals surface area contributed by atoms with E-state index < -0.39 is 0 Å². The summed E-state index contributed by atoms with van der Waals surface area (Å²) in [6.45, 7) is 0. The van der Waals surface area contributed by atoms with Crippen LogP contribution in [0.1, 0.15) is 0 Å². The molecule has 0 fully saturated rings. The lowest BCUT2D eigenvalue weighted by Gasteiger charge is -2.13. The van der Waals surface area contributed by atoms with Gasteiger partial charge in [-0.15, -0.1) is 11.3 Å². The Kier molecular flexibility index (Phi) is 5.41. The number of hydrogen-bond donors (Lipinski definition) is 0. The van der Waals surface area contributed by atoms with Crippen molar-refractivity contribution in [3.63, 3.8) is 0 Å². The second-order valence-electron chi connectivity index (χ2n) is 11.6. The Morgan fingerprint density at radius 1 is 0.457 bits per heavy atom. The van der Waals surface area contributed by atoms with Gasteiger partial charge in [-0.25, -0.2) is 4.98 Å². The van der Waals surface area contributed by atoms with Crippen LogP contribution in [0.4, 0.5) is 0 Å². The molecule has 0 aliphatic carbocycles. The van der Waals surface area contributed by atoms with E-state index in [9.17, 15) is 0 Å². The number of benzene rings is 7. The van der Waals surface area contributed by atoms with Crippen LogP contribution < -0.4 is 0 Å². The minimum absolute atomic E-state index is 0.606. The maximum Gasteiger partial charge on any atom is 0.238 e. The molecule has 0 amide bonds. The third kappa shape index (κ3) is 3.63. The topological polar surface area (TPSA) is 43.6 Å². The molecule has 0 radical (unpaired) electrons. The second kappa shape index (κ2) is 9.80. The Morgan fingerprint density at radius 2 is 1.11 bits per heavy atom. The smallest absolute Gasteiger partial charge is 0.238 e. The predicted octanol–water partition coefficient (Wildman–Crippen LogP) is 11.0. The van der Waals surface area contributed by atoms with Gasteiger partial charge in [-0.2, -0.15) is 9.97 Å². The van der Waals surface area contributed by atoms with Gasteiger partial charge in [0, 0.05) is 47.5 Å². The molecular weight excluding hydrogens is 581 g/mol. The van der Waals surface area contributed by atoms with Crippen molar-refractivity contribution in [2.24, 2.45) is 0 Å². The van der Waals surface area contributed by atoms with Crippen LogP contribution in [-0.4, -0.2) is 19.5 Å². The van der Waals surface area contributed by atoms with E-state index >= 15 is 0 Å². The Bertz CT molecular complexity index is 2810. The van der Waals surface area contributed by atoms with Crippen LogP contribution in [0, 0.1) is 0 Å². The van der Waals surface area contributed by atoms with Crippen molar-refractivity contribution < 1.29 is 0 Å². The summed E-state index contributed by atoms with van der Waals surface area (Å²) in [5.74, 6) is 1.90. The normalized spacial score (nSPS) is 11.9. The van der Waals surface area contributed by atoms with Gasteiger partial charge >= 0.3 is 0 Å². The fraction of sp³-hybridized carbons (Fsp3) is 0. The zero-order valence-electron chi connectivity index (χ0n) is 24.6. The number of hydrogen-bond acceptors (Lipinski definition) is 4. The SMILES string of the molecule is c1ccc(-c2nc(-c3cccc4ccccc34)nc(-n3c4ccccc4c4c5ccccc5c5sc6ccccc6c5c43)n2)cc1. The van der Waals surface area contributed by atoms with E-state index in [2.05, 4.69) is 132 Å². The van der Waals surface area contributed by atoms with Crippen LogP contribution in [0.2, 0.25) is 0 Å². The van der Waals surface area contributed by atoms with E-state index in [1.807, 2.05) is 29.5 Å². The maximum absolute atomic E-state index is 5.32. The molecule has 3 aromatic heterocycles. The molecule has 4 nitrogen and oxygen atoms in total. The summed E-state index contributed by atoms with van der Waals surface area (Å²) in [6.07, 6.45) is 0. The van der Waals surface area contributed by atoms with Crippen LogP contribution in [0.15, 0.2) is 146 Å². The highest BCUT2D eigenvalue weighted by Gasteiger charge is 2.24. The van der Waals surface area contributed by atoms with Gasteiger partial charge in [0.2, 0.25) is 5.95 Å². The molecule has 10 rings (SSSR count). The molecule has 0 N–H and O–H groups in total. The number of aromatic nitrogens is 4. The van der Waals surface area contributed by atoms with Gasteiger partial charge in [0.1, 0.15) is 0 Å². The molecule has 0 saturated heterocycles. The standard InChI is InChI=1S/C41H24N4S/c1-2-14-26(15-3-1)39-42-40(30-22-12-16-25-13-4-5-17-27(25)30)44-41(43-39)45-33-23-10-8-20-31(33)35-28-18-6-7-19-29(28)38-36(37(35)45)32-21-9-11-24-34(32)46-38/h1-24H. The van der Waals surface area contributed by atoms with Gasteiger partial charge in [0.25, 0.3) is 0 Å². The van der Waals surface area contributed by atoms with Crippen molar-refractivity contribution in [2.75, 3.05) is 0 Å². The third-order valence-electron chi connectivity index (χ3n) is 9.03. The van der Waals surface area contributed by atoms with Gasteiger partial charge in [-0.1, -0.05) is 133 Å². The van der Waals surface area contributed by atoms with Crippen molar-refractivity contribution >= 4 is 74.9 Å². The predicted molar refractivity (Wildman–Crippen MR) is 193 cm³/mol. The molecular formula is C41H24N4S. The summed E-state index contributed by atoms with van der Waals surface area (Å²) < 4.78 is 4.82. The van der Waals surface area contributed by atoms with Crippen LogP contribution in [0.3, 0.4) is 0 Å². The molecule has 0 bridgehead atoms. The number of para-hydroxylation sites is 1. The molecule has 7 aromatic carbocycles. The first-order chi connectivity index (χ1) is 22.8. The Hall–Kier alpha value is -5.91. The summed E-state index contributed by atoms with van der Waals surface area (Å²) in [5, 5.41) is 9.64. The van der Waals surface area contributed by atoms with E-state index in [0.717, 1.165) is 32.9 Å². The van der Waals surface area contributed by atoms with Crippen molar-refractivity contribution in [3.05, 3.63) is 146 Å². The van der Waals surface area contributed by atoms with E-state index in [1.54, 1.807) is 0 Å². The first-order valence-corrected chi connectivity index (χ1v) is 16.2. The molecule has 0 saturated carbocycles. The number of fused-ring (bicyclic) bond motifs is 11. The fourth-order valence-electron chi connectivity index (χ4n) is 7.05. The number of rotatable bonds is 3. The molecule has 3 heterocycles. The van der Waals surface area contributed by atoms with E-state index in [-0.39, 0.29) is 0 Å². The summed E-state index contributed by atoms with van der Waals surface area (Å²) >= 11 is 1.85. The lowest BCUT2D eigenvalue weighted by molar-refractivity contribution is 0.956. The number of thiophene rings is 1. The zero-order chi connectivity index (χ0) is 30.2. The van der Waals surface area contributed by atoms with Crippen LogP contribution in [0.5, 0.6) is 0 Å². The Morgan fingerprint density at radius 3 is 1.98 bits per heavy atom. The minimum atomic E-state index is 0.606. The zero-order valence-corrected chi connectivity index (χ0v) is 25.4. The van der Waals surface area contributed by atoms with Crippen LogP contribution >= 0.6 is 11.3 Å². The monoisotopic (exact) mass is 604 g/mol. The van der Waals surface area contributed by atoms with Gasteiger partial charge in [0.15, 0.2) is 11.6 Å². The van der Waals surface area contributed by atoms with Gasteiger partial charge in [-0.3, -0.25) is 4.57 Å². The van der Waals surface area contributed by atoms with E-state index in [4.69, 9.17) is 15.0 Å². The summed E-state index contributed by atoms with van der Waals surface area (Å²) in [5.41, 5.74) is 4.13. The van der Waals surface area contributed by atoms with E-state index in [0.29, 0.717) is 17.6 Å². The average Bonchev–Trinajstić information content (AvgIpc) is 3.68. The molecule has 0 aliphatic rings. The summed E-state index contributed by atoms with van der Waals surface area (Å²) in [4.78, 5) is 15.7. The molecule has 0 atom stereocenters. The third-order valence-corrected chi connectivity index (χ3v) is 10.2. The molecule has 46 heavy (non-hydrogen) atoms. The molecule has 10 aromatic rings. The molecule has 0 spiro atoms. The Labute approximate surface area is 267 Å². The lowest BCUT2D eigenvalue weighted by Crippen LogP contribution is -2.06. The van der Waals surface area contributed by atoms with Crippen molar-refractivity contribution in [1.29, 1.82) is 0 Å². The number of nitrogens with zero attached hydrogens (tertiary/aromatic N) is 4. The van der Waals surface area contributed by atoms with Gasteiger partial charge in [0.05, 0.1) is 11.0 Å². The Balaban J connectivity index is 1.42. The first-order valence-electron chi connectivity index (χ1n) is 15.4.